The number of aryl methyl sites for hydroxylation is 1. The zero-order valence-electron chi connectivity index (χ0n) is 29.9. The minimum absolute atomic E-state index is 0.112. The Balaban J connectivity index is 0.00000255. The van der Waals surface area contributed by atoms with E-state index in [0.29, 0.717) is 11.7 Å². The Labute approximate surface area is 286 Å². The zero-order valence-corrected chi connectivity index (χ0v) is 29.9. The van der Waals surface area contributed by atoms with Gasteiger partial charge in [0.1, 0.15) is 5.60 Å². The fraction of sp³-hybridized carbons (Fsp3) is 0.568. The molecule has 1 aliphatic heterocycles. The van der Waals surface area contributed by atoms with E-state index < -0.39 is 11.7 Å². The van der Waals surface area contributed by atoms with Gasteiger partial charge in [-0.15, -0.1) is 0 Å². The topological polar surface area (TPSA) is 112 Å². The summed E-state index contributed by atoms with van der Waals surface area (Å²) >= 11 is 0. The number of benzene rings is 2. The molecule has 11 heteroatoms. The monoisotopic (exact) mass is 661 g/mol. The maximum absolute atomic E-state index is 12.1. The number of piperazine rings is 1. The predicted octanol–water partition coefficient (Wildman–Crippen LogP) is 6.14. The number of nitrogens with one attached hydrogen (secondary N) is 2. The van der Waals surface area contributed by atoms with Crippen LogP contribution in [0.15, 0.2) is 42.5 Å². The van der Waals surface area contributed by atoms with Crippen LogP contribution in [-0.2, 0) is 21.4 Å². The summed E-state index contributed by atoms with van der Waals surface area (Å²) in [5.74, 6) is 1.76. The van der Waals surface area contributed by atoms with Gasteiger partial charge in [0.05, 0.1) is 5.52 Å². The van der Waals surface area contributed by atoms with Crippen molar-refractivity contribution in [1.29, 1.82) is 0 Å². The van der Waals surface area contributed by atoms with E-state index in [2.05, 4.69) is 49.8 Å². The molecule has 5 rings (SSSR count). The van der Waals surface area contributed by atoms with Crippen molar-refractivity contribution >= 4 is 46.5 Å². The van der Waals surface area contributed by atoms with Gasteiger partial charge < -0.3 is 15.0 Å². The SMILES string of the molecule is CC.CNC(=O)CCN(C=O)c1nn(C)c2cc(N3CCN(CC4CCC(c5ccc(NC(=O)OC(C)(C)C)cc5)CC4)CC3)ccc12. The normalized spacial score (nSPS) is 18.4. The van der Waals surface area contributed by atoms with Gasteiger partial charge in [-0.25, -0.2) is 4.79 Å². The van der Waals surface area contributed by atoms with Crippen LogP contribution >= 0.6 is 0 Å². The zero-order chi connectivity index (χ0) is 34.8. The highest BCUT2D eigenvalue weighted by Crippen LogP contribution is 2.37. The highest BCUT2D eigenvalue weighted by molar-refractivity contribution is 5.97. The number of carbonyl (C=O) groups excluding carboxylic acids is 3. The van der Waals surface area contributed by atoms with Crippen molar-refractivity contribution in [2.45, 2.75) is 78.2 Å². The molecule has 48 heavy (non-hydrogen) atoms. The lowest BCUT2D eigenvalue weighted by molar-refractivity contribution is -0.120. The molecule has 2 N–H and O–H groups in total. The molecule has 0 bridgehead atoms. The van der Waals surface area contributed by atoms with E-state index >= 15 is 0 Å². The molecule has 2 aromatic carbocycles. The van der Waals surface area contributed by atoms with E-state index in [9.17, 15) is 14.4 Å². The molecule has 1 aliphatic carbocycles. The molecule has 2 fully saturated rings. The number of nitrogens with zero attached hydrogens (tertiary/aromatic N) is 5. The van der Waals surface area contributed by atoms with Gasteiger partial charge in [0.25, 0.3) is 0 Å². The van der Waals surface area contributed by atoms with E-state index in [0.717, 1.165) is 67.3 Å². The summed E-state index contributed by atoms with van der Waals surface area (Å²) in [5, 5.41) is 10.9. The molecular weight excluding hydrogens is 606 g/mol. The molecule has 0 atom stereocenters. The van der Waals surface area contributed by atoms with Crippen LogP contribution in [0, 0.1) is 5.92 Å². The van der Waals surface area contributed by atoms with Crippen LogP contribution in [0.1, 0.15) is 78.2 Å². The molecule has 1 aromatic heterocycles. The first kappa shape index (κ1) is 36.7. The first-order valence-corrected chi connectivity index (χ1v) is 17.5. The number of fused-ring (bicyclic) bond motifs is 1. The average molecular weight is 662 g/mol. The van der Waals surface area contributed by atoms with Crippen LogP contribution < -0.4 is 20.4 Å². The van der Waals surface area contributed by atoms with Crippen LogP contribution in [0.25, 0.3) is 10.9 Å². The van der Waals surface area contributed by atoms with E-state index in [-0.39, 0.29) is 18.9 Å². The smallest absolute Gasteiger partial charge is 0.412 e. The van der Waals surface area contributed by atoms with Gasteiger partial charge in [-0.2, -0.15) is 5.10 Å². The minimum Gasteiger partial charge on any atom is -0.444 e. The van der Waals surface area contributed by atoms with Gasteiger partial charge in [-0.1, -0.05) is 26.0 Å². The average Bonchev–Trinajstić information content (AvgIpc) is 3.41. The van der Waals surface area contributed by atoms with Crippen molar-refractivity contribution in [3.8, 4) is 0 Å². The van der Waals surface area contributed by atoms with Crippen LogP contribution in [-0.4, -0.2) is 85.0 Å². The second-order valence-electron chi connectivity index (χ2n) is 13.6. The van der Waals surface area contributed by atoms with Gasteiger partial charge in [0.15, 0.2) is 5.82 Å². The van der Waals surface area contributed by atoms with Crippen LogP contribution in [0.2, 0.25) is 0 Å². The molecule has 11 nitrogen and oxygen atoms in total. The summed E-state index contributed by atoms with van der Waals surface area (Å²) in [6.07, 6.45) is 5.42. The fourth-order valence-electron chi connectivity index (χ4n) is 6.68. The van der Waals surface area contributed by atoms with Gasteiger partial charge in [0, 0.05) is 76.5 Å². The first-order chi connectivity index (χ1) is 23.0. The third kappa shape index (κ3) is 9.71. The second kappa shape index (κ2) is 16.8. The summed E-state index contributed by atoms with van der Waals surface area (Å²) in [7, 11) is 3.48. The number of hydrogen-bond acceptors (Lipinski definition) is 7. The first-order valence-electron chi connectivity index (χ1n) is 17.5. The quantitative estimate of drug-likeness (QED) is 0.251. The second-order valence-corrected chi connectivity index (χ2v) is 13.6. The number of anilines is 3. The van der Waals surface area contributed by atoms with Gasteiger partial charge >= 0.3 is 6.09 Å². The molecule has 1 saturated heterocycles. The predicted molar refractivity (Wildman–Crippen MR) is 194 cm³/mol. The molecule has 0 radical (unpaired) electrons. The summed E-state index contributed by atoms with van der Waals surface area (Å²) in [4.78, 5) is 42.2. The number of carbonyl (C=O) groups is 3. The molecule has 0 unspecified atom stereocenters. The van der Waals surface area contributed by atoms with E-state index in [1.54, 1.807) is 7.05 Å². The van der Waals surface area contributed by atoms with Crippen molar-refractivity contribution in [1.82, 2.24) is 20.0 Å². The number of rotatable bonds is 10. The maximum Gasteiger partial charge on any atom is 0.412 e. The Morgan fingerprint density at radius 1 is 1.00 bits per heavy atom. The Morgan fingerprint density at radius 2 is 1.67 bits per heavy atom. The van der Waals surface area contributed by atoms with Gasteiger partial charge in [0.2, 0.25) is 12.3 Å². The Kier molecular flexibility index (Phi) is 12.9. The molecule has 3 amide bonds. The van der Waals surface area contributed by atoms with E-state index in [4.69, 9.17) is 4.74 Å². The van der Waals surface area contributed by atoms with Crippen LogP contribution in [0.5, 0.6) is 0 Å². The van der Waals surface area contributed by atoms with Crippen molar-refractivity contribution in [3.63, 3.8) is 0 Å². The summed E-state index contributed by atoms with van der Waals surface area (Å²) in [6, 6.07) is 14.6. The molecule has 1 saturated carbocycles. The number of amides is 3. The number of aromatic nitrogens is 2. The van der Waals surface area contributed by atoms with Crippen molar-refractivity contribution in [2.24, 2.45) is 13.0 Å². The minimum atomic E-state index is -0.518. The van der Waals surface area contributed by atoms with Gasteiger partial charge in [-0.05, 0) is 94.2 Å². The van der Waals surface area contributed by atoms with Crippen LogP contribution in [0.4, 0.5) is 22.0 Å². The lowest BCUT2D eigenvalue weighted by Crippen LogP contribution is -2.48. The third-order valence-corrected chi connectivity index (χ3v) is 9.20. The Morgan fingerprint density at radius 3 is 2.27 bits per heavy atom. The fourth-order valence-corrected chi connectivity index (χ4v) is 6.68. The van der Waals surface area contributed by atoms with E-state index in [1.807, 2.05) is 64.5 Å². The number of ether oxygens (including phenoxy) is 1. The van der Waals surface area contributed by atoms with Crippen molar-refractivity contribution in [2.75, 3.05) is 61.4 Å². The summed E-state index contributed by atoms with van der Waals surface area (Å²) in [5.41, 5.74) is 3.72. The summed E-state index contributed by atoms with van der Waals surface area (Å²) < 4.78 is 7.17. The molecule has 3 aromatic rings. The van der Waals surface area contributed by atoms with Crippen LogP contribution in [0.3, 0.4) is 0 Å². The van der Waals surface area contributed by atoms with Crippen molar-refractivity contribution in [3.05, 3.63) is 48.0 Å². The van der Waals surface area contributed by atoms with Gasteiger partial charge in [-0.3, -0.25) is 29.4 Å². The lowest BCUT2D eigenvalue weighted by atomic mass is 9.78. The highest BCUT2D eigenvalue weighted by atomic mass is 16.6. The Hall–Kier alpha value is -4.12. The Bertz CT molecular complexity index is 1500. The molecular formula is C37H55N7O4. The maximum atomic E-state index is 12.1. The third-order valence-electron chi connectivity index (χ3n) is 9.20. The molecule has 2 aliphatic rings. The van der Waals surface area contributed by atoms with Crippen molar-refractivity contribution < 1.29 is 19.1 Å². The molecule has 2 heterocycles. The lowest BCUT2D eigenvalue weighted by Gasteiger charge is -2.39. The standard InChI is InChI=1S/C35H49N7O4.C2H6/c1-35(2,3)46-34(45)37-28-12-10-27(11-13-28)26-8-6-25(7-9-26)23-40-18-20-41(21-19-40)29-14-15-30-31(22-29)39(5)38-33(30)42(24-43)17-16-32(44)36-4;1-2/h10-15,22,24-26H,6-9,16-21,23H2,1-5H3,(H,36,44)(H,37,45);1-2H3. The highest BCUT2D eigenvalue weighted by Gasteiger charge is 2.26. The number of hydrogen-bond donors (Lipinski definition) is 2. The largest absolute Gasteiger partial charge is 0.444 e. The molecule has 262 valence electrons. The van der Waals surface area contributed by atoms with E-state index in [1.165, 1.54) is 36.1 Å². The molecule has 0 spiro atoms. The summed E-state index contributed by atoms with van der Waals surface area (Å²) in [6.45, 7) is 15.0.